The molecule has 5 N–H and O–H groups in total. The number of phenols is 1. The molecule has 0 bridgehead atoms. The van der Waals surface area contributed by atoms with Gasteiger partial charge in [-0.2, -0.15) is 5.10 Å². The lowest BCUT2D eigenvalue weighted by molar-refractivity contribution is -0.136. The summed E-state index contributed by atoms with van der Waals surface area (Å²) in [7, 11) is 0. The van der Waals surface area contributed by atoms with Crippen molar-refractivity contribution in [3.63, 3.8) is 0 Å². The highest BCUT2D eigenvalue weighted by molar-refractivity contribution is 7.80. The van der Waals surface area contributed by atoms with Gasteiger partial charge >= 0.3 is 5.97 Å². The van der Waals surface area contributed by atoms with Crippen LogP contribution in [0.25, 0.3) is 0 Å². The maximum absolute atomic E-state index is 10.5. The van der Waals surface area contributed by atoms with Gasteiger partial charge in [-0.25, -0.2) is 0 Å². The van der Waals surface area contributed by atoms with Gasteiger partial charge in [-0.05, 0) is 36.3 Å². The Morgan fingerprint density at radius 3 is 2.89 bits per heavy atom. The highest BCUT2D eigenvalue weighted by atomic mass is 32.1. The zero-order chi connectivity index (χ0) is 13.5. The van der Waals surface area contributed by atoms with Crippen molar-refractivity contribution in [1.82, 2.24) is 5.43 Å². The number of phenolic OH excluding ortho intramolecular Hbond substituents is 1. The molecule has 0 saturated heterocycles. The predicted molar refractivity (Wildman–Crippen MR) is 71.6 cm³/mol. The van der Waals surface area contributed by atoms with Crippen LogP contribution in [-0.4, -0.2) is 27.5 Å². The molecule has 6 nitrogen and oxygen atoms in total. The van der Waals surface area contributed by atoms with E-state index in [1.165, 1.54) is 12.3 Å². The first-order chi connectivity index (χ1) is 8.49. The van der Waals surface area contributed by atoms with Crippen LogP contribution in [0.2, 0.25) is 0 Å². The van der Waals surface area contributed by atoms with E-state index in [0.717, 1.165) is 5.56 Å². The average Bonchev–Trinajstić information content (AvgIpc) is 2.29. The molecule has 7 heteroatoms. The highest BCUT2D eigenvalue weighted by Gasteiger charge is 2.03. The second-order valence-electron chi connectivity index (χ2n) is 3.52. The van der Waals surface area contributed by atoms with Gasteiger partial charge in [0.15, 0.2) is 5.11 Å². The second kappa shape index (κ2) is 6.55. The van der Waals surface area contributed by atoms with Crippen LogP contribution in [0.15, 0.2) is 23.3 Å². The molecule has 0 amide bonds. The van der Waals surface area contributed by atoms with Crippen LogP contribution < -0.4 is 11.2 Å². The molecule has 0 aromatic heterocycles. The quantitative estimate of drug-likeness (QED) is 0.353. The van der Waals surface area contributed by atoms with E-state index < -0.39 is 5.97 Å². The first-order valence-electron chi connectivity index (χ1n) is 5.11. The molecule has 96 valence electrons. The first kappa shape index (κ1) is 13.9. The molecule has 0 aliphatic rings. The SMILES string of the molecule is NC(=S)NN=Cc1cc(CCC(=O)O)ccc1O. The van der Waals surface area contributed by atoms with Crippen molar-refractivity contribution in [2.75, 3.05) is 0 Å². The molecule has 1 aromatic rings. The van der Waals surface area contributed by atoms with E-state index in [4.69, 9.17) is 10.8 Å². The fourth-order valence-corrected chi connectivity index (χ4v) is 1.33. The topological polar surface area (TPSA) is 108 Å². The van der Waals surface area contributed by atoms with Crippen molar-refractivity contribution in [3.8, 4) is 5.75 Å². The fraction of sp³-hybridized carbons (Fsp3) is 0.182. The molecular formula is C11H13N3O3S. The Hall–Kier alpha value is -2.15. The van der Waals surface area contributed by atoms with Crippen molar-refractivity contribution in [2.24, 2.45) is 10.8 Å². The Labute approximate surface area is 109 Å². The lowest BCUT2D eigenvalue weighted by Crippen LogP contribution is -2.24. The Bertz CT molecular complexity index is 488. The van der Waals surface area contributed by atoms with E-state index in [0.29, 0.717) is 12.0 Å². The summed E-state index contributed by atoms with van der Waals surface area (Å²) in [5, 5.41) is 21.9. The Kier molecular flexibility index (Phi) is 5.06. The number of hydrazone groups is 1. The number of nitrogens with two attached hydrogens (primary N) is 1. The van der Waals surface area contributed by atoms with Gasteiger partial charge in [0, 0.05) is 12.0 Å². The maximum atomic E-state index is 10.5. The zero-order valence-corrected chi connectivity index (χ0v) is 10.3. The minimum absolute atomic E-state index is 0.0211. The van der Waals surface area contributed by atoms with Crippen LogP contribution in [0.4, 0.5) is 0 Å². The molecule has 1 aromatic carbocycles. The third-order valence-corrected chi connectivity index (χ3v) is 2.19. The van der Waals surface area contributed by atoms with Gasteiger partial charge in [0.1, 0.15) is 5.75 Å². The summed E-state index contributed by atoms with van der Waals surface area (Å²) in [6.07, 6.45) is 1.78. The van der Waals surface area contributed by atoms with E-state index in [-0.39, 0.29) is 17.3 Å². The van der Waals surface area contributed by atoms with E-state index in [2.05, 4.69) is 22.7 Å². The second-order valence-corrected chi connectivity index (χ2v) is 3.96. The first-order valence-corrected chi connectivity index (χ1v) is 5.52. The van der Waals surface area contributed by atoms with E-state index >= 15 is 0 Å². The molecule has 0 heterocycles. The number of nitrogens with zero attached hydrogens (tertiary/aromatic N) is 1. The number of nitrogens with one attached hydrogen (secondary N) is 1. The normalized spacial score (nSPS) is 10.4. The van der Waals surface area contributed by atoms with Crippen LogP contribution >= 0.6 is 12.2 Å². The van der Waals surface area contributed by atoms with Gasteiger partial charge in [0.05, 0.1) is 6.21 Å². The number of carbonyl (C=O) groups is 1. The lowest BCUT2D eigenvalue weighted by Gasteiger charge is -2.03. The number of aryl methyl sites for hydroxylation is 1. The Morgan fingerprint density at radius 2 is 2.28 bits per heavy atom. The number of rotatable bonds is 5. The van der Waals surface area contributed by atoms with Gasteiger partial charge in [0.2, 0.25) is 0 Å². The van der Waals surface area contributed by atoms with Crippen LogP contribution in [0, 0.1) is 0 Å². The summed E-state index contributed by atoms with van der Waals surface area (Å²) in [6.45, 7) is 0. The number of carboxylic acids is 1. The molecule has 0 unspecified atom stereocenters. The fourth-order valence-electron chi connectivity index (χ4n) is 1.28. The zero-order valence-electron chi connectivity index (χ0n) is 9.46. The number of hydrogen-bond acceptors (Lipinski definition) is 4. The summed E-state index contributed by atoms with van der Waals surface area (Å²) in [4.78, 5) is 10.5. The molecular weight excluding hydrogens is 254 g/mol. The van der Waals surface area contributed by atoms with Gasteiger partial charge in [-0.15, -0.1) is 0 Å². The third-order valence-electron chi connectivity index (χ3n) is 2.10. The van der Waals surface area contributed by atoms with E-state index in [1.807, 2.05) is 0 Å². The Balaban J connectivity index is 2.77. The number of thiocarbonyl (C=S) groups is 1. The third kappa shape index (κ3) is 4.79. The Morgan fingerprint density at radius 1 is 1.56 bits per heavy atom. The number of aromatic hydroxyl groups is 1. The number of carboxylic acid groups (broad SMARTS) is 1. The minimum atomic E-state index is -0.867. The summed E-state index contributed by atoms with van der Waals surface area (Å²) in [5.41, 5.74) is 8.81. The summed E-state index contributed by atoms with van der Waals surface area (Å²) in [5.74, 6) is -0.823. The highest BCUT2D eigenvalue weighted by Crippen LogP contribution is 2.17. The number of hydrogen-bond donors (Lipinski definition) is 4. The average molecular weight is 267 g/mol. The maximum Gasteiger partial charge on any atom is 0.303 e. The summed E-state index contributed by atoms with van der Waals surface area (Å²) >= 11 is 4.56. The van der Waals surface area contributed by atoms with Crippen molar-refractivity contribution in [3.05, 3.63) is 29.3 Å². The molecule has 0 fully saturated rings. The largest absolute Gasteiger partial charge is 0.507 e. The summed E-state index contributed by atoms with van der Waals surface area (Å²) in [6, 6.07) is 4.80. The van der Waals surface area contributed by atoms with E-state index in [1.54, 1.807) is 12.1 Å². The molecule has 18 heavy (non-hydrogen) atoms. The van der Waals surface area contributed by atoms with Crippen LogP contribution in [0.3, 0.4) is 0 Å². The molecule has 0 aliphatic heterocycles. The van der Waals surface area contributed by atoms with Gasteiger partial charge < -0.3 is 15.9 Å². The van der Waals surface area contributed by atoms with Crippen molar-refractivity contribution < 1.29 is 15.0 Å². The van der Waals surface area contributed by atoms with Crippen molar-refractivity contribution in [1.29, 1.82) is 0 Å². The number of benzene rings is 1. The standard InChI is InChI=1S/C11H13N3O3S/c12-11(18)14-13-6-8-5-7(1-3-9(8)15)2-4-10(16)17/h1,3,5-6,15H,2,4H2,(H,16,17)(H3,12,14,18). The monoisotopic (exact) mass is 267 g/mol. The van der Waals surface area contributed by atoms with Crippen LogP contribution in [-0.2, 0) is 11.2 Å². The molecule has 0 spiro atoms. The molecule has 0 radical (unpaired) electrons. The molecule has 0 atom stereocenters. The minimum Gasteiger partial charge on any atom is -0.507 e. The van der Waals surface area contributed by atoms with Crippen molar-refractivity contribution in [2.45, 2.75) is 12.8 Å². The van der Waals surface area contributed by atoms with Gasteiger partial charge in [0.25, 0.3) is 0 Å². The van der Waals surface area contributed by atoms with Crippen LogP contribution in [0.1, 0.15) is 17.5 Å². The summed E-state index contributed by atoms with van der Waals surface area (Å²) < 4.78 is 0. The van der Waals surface area contributed by atoms with Gasteiger partial charge in [-0.3, -0.25) is 10.2 Å². The molecule has 0 saturated carbocycles. The number of aliphatic carboxylic acids is 1. The van der Waals surface area contributed by atoms with E-state index in [9.17, 15) is 9.90 Å². The molecule has 1 rings (SSSR count). The van der Waals surface area contributed by atoms with Crippen LogP contribution in [0.5, 0.6) is 5.75 Å². The molecule has 0 aliphatic carbocycles. The predicted octanol–water partition coefficient (Wildman–Crippen LogP) is 0.576. The van der Waals surface area contributed by atoms with Gasteiger partial charge in [-0.1, -0.05) is 6.07 Å². The van der Waals surface area contributed by atoms with Crippen molar-refractivity contribution >= 4 is 29.5 Å². The smallest absolute Gasteiger partial charge is 0.303 e. The lowest BCUT2D eigenvalue weighted by atomic mass is 10.1.